The molecular weight excluding hydrogens is 290 g/mol. The molecule has 5 heteroatoms. The van der Waals surface area contributed by atoms with Crippen LogP contribution < -0.4 is 5.32 Å². The third kappa shape index (κ3) is 3.77. The maximum Gasteiger partial charge on any atom is 0.252 e. The van der Waals surface area contributed by atoms with E-state index in [1.807, 2.05) is 6.07 Å². The summed E-state index contributed by atoms with van der Waals surface area (Å²) in [5, 5.41) is 1.70. The molecule has 2 aromatic carbocycles. The van der Waals surface area contributed by atoms with Crippen LogP contribution in [-0.4, -0.2) is 23.5 Å². The topological polar surface area (TPSA) is 63.2 Å². The second-order valence-electron chi connectivity index (χ2n) is 4.28. The van der Waals surface area contributed by atoms with Crippen molar-refractivity contribution in [1.29, 1.82) is 0 Å². The third-order valence-corrected chi connectivity index (χ3v) is 2.97. The average molecular weight is 302 g/mol. The lowest BCUT2D eigenvalue weighted by molar-refractivity contribution is -0.110. The molecule has 106 valence electrons. The second kappa shape index (κ2) is 6.81. The molecule has 0 aliphatic rings. The van der Waals surface area contributed by atoms with E-state index in [-0.39, 0.29) is 23.5 Å². The molecule has 2 rings (SSSR count). The van der Waals surface area contributed by atoms with E-state index in [2.05, 4.69) is 5.32 Å². The van der Waals surface area contributed by atoms with Gasteiger partial charge in [-0.25, -0.2) is 0 Å². The largest absolute Gasteiger partial charge is 0.344 e. The Bertz CT molecular complexity index is 683. The van der Waals surface area contributed by atoms with Crippen molar-refractivity contribution in [2.45, 2.75) is 0 Å². The predicted octanol–water partition coefficient (Wildman–Crippen LogP) is 2.41. The lowest BCUT2D eigenvalue weighted by atomic mass is 9.98. The van der Waals surface area contributed by atoms with Gasteiger partial charge in [-0.05, 0) is 17.7 Å². The van der Waals surface area contributed by atoms with Crippen molar-refractivity contribution < 1.29 is 14.4 Å². The van der Waals surface area contributed by atoms with Gasteiger partial charge in [0, 0.05) is 11.1 Å². The number of rotatable bonds is 5. The maximum atomic E-state index is 12.4. The van der Waals surface area contributed by atoms with E-state index < -0.39 is 11.1 Å². The number of ketones is 1. The third-order valence-electron chi connectivity index (χ3n) is 2.84. The van der Waals surface area contributed by atoms with Gasteiger partial charge in [0.15, 0.2) is 5.78 Å². The summed E-state index contributed by atoms with van der Waals surface area (Å²) in [5.41, 5.74) is 0.985. The minimum atomic E-state index is -0.671. The highest BCUT2D eigenvalue weighted by atomic mass is 35.5. The number of carbonyl (C=O) groups is 3. The van der Waals surface area contributed by atoms with E-state index >= 15 is 0 Å². The molecule has 0 aliphatic carbocycles. The van der Waals surface area contributed by atoms with E-state index in [1.165, 1.54) is 6.07 Å². The van der Waals surface area contributed by atoms with Crippen LogP contribution in [0.25, 0.3) is 0 Å². The molecule has 4 nitrogen and oxygen atoms in total. The lowest BCUT2D eigenvalue weighted by Gasteiger charge is -2.08. The summed E-state index contributed by atoms with van der Waals surface area (Å²) in [6, 6.07) is 15.1. The Morgan fingerprint density at radius 2 is 1.43 bits per heavy atom. The van der Waals surface area contributed by atoms with Crippen molar-refractivity contribution >= 4 is 28.5 Å². The first kappa shape index (κ1) is 14.9. The van der Waals surface area contributed by atoms with Gasteiger partial charge >= 0.3 is 0 Å². The van der Waals surface area contributed by atoms with E-state index in [4.69, 9.17) is 11.6 Å². The zero-order valence-electron chi connectivity index (χ0n) is 11.0. The van der Waals surface area contributed by atoms with Crippen molar-refractivity contribution in [1.82, 2.24) is 5.32 Å². The van der Waals surface area contributed by atoms with Crippen LogP contribution in [-0.2, 0) is 4.79 Å². The maximum absolute atomic E-state index is 12.4. The van der Waals surface area contributed by atoms with Gasteiger partial charge in [0.2, 0.25) is 5.24 Å². The van der Waals surface area contributed by atoms with Gasteiger partial charge in [-0.15, -0.1) is 0 Å². The van der Waals surface area contributed by atoms with Crippen LogP contribution in [0.1, 0.15) is 26.3 Å². The zero-order chi connectivity index (χ0) is 15.2. The number of carbonyl (C=O) groups excluding carboxylic acids is 3. The fourth-order valence-electron chi connectivity index (χ4n) is 1.87. The molecule has 0 heterocycles. The number of nitrogens with one attached hydrogen (secondary N) is 1. The fourth-order valence-corrected chi connectivity index (χ4v) is 1.94. The van der Waals surface area contributed by atoms with Gasteiger partial charge < -0.3 is 5.32 Å². The minimum absolute atomic E-state index is 0.212. The van der Waals surface area contributed by atoms with Crippen molar-refractivity contribution in [2.75, 3.05) is 6.54 Å². The number of amides is 1. The van der Waals surface area contributed by atoms with Gasteiger partial charge in [0.25, 0.3) is 5.91 Å². The molecule has 0 radical (unpaired) electrons. The summed E-state index contributed by atoms with van der Waals surface area (Å²) in [4.78, 5) is 35.2. The normalized spacial score (nSPS) is 9.95. The van der Waals surface area contributed by atoms with Crippen LogP contribution in [0.15, 0.2) is 54.6 Å². The molecule has 0 fully saturated rings. The van der Waals surface area contributed by atoms with Crippen LogP contribution >= 0.6 is 11.6 Å². The Labute approximate surface area is 126 Å². The van der Waals surface area contributed by atoms with Crippen LogP contribution in [0, 0.1) is 0 Å². The fraction of sp³-hybridized carbons (Fsp3) is 0.0625. The number of hydrogen-bond donors (Lipinski definition) is 1. The number of hydrogen-bond acceptors (Lipinski definition) is 3. The molecule has 0 saturated carbocycles. The highest BCUT2D eigenvalue weighted by molar-refractivity contribution is 6.64. The smallest absolute Gasteiger partial charge is 0.252 e. The summed E-state index contributed by atoms with van der Waals surface area (Å²) in [7, 11) is 0. The Morgan fingerprint density at radius 3 is 2.05 bits per heavy atom. The van der Waals surface area contributed by atoms with Gasteiger partial charge in [-0.3, -0.25) is 14.4 Å². The molecule has 1 N–H and O–H groups in total. The number of benzene rings is 2. The molecule has 21 heavy (non-hydrogen) atoms. The molecule has 1 amide bonds. The molecule has 0 aromatic heterocycles. The van der Waals surface area contributed by atoms with E-state index in [9.17, 15) is 14.4 Å². The summed E-state index contributed by atoms with van der Waals surface area (Å²) >= 11 is 5.19. The van der Waals surface area contributed by atoms with Crippen molar-refractivity contribution in [3.63, 3.8) is 0 Å². The molecule has 0 atom stereocenters. The Kier molecular flexibility index (Phi) is 4.85. The molecule has 0 unspecified atom stereocenters. The lowest BCUT2D eigenvalue weighted by Crippen LogP contribution is -2.29. The summed E-state index contributed by atoms with van der Waals surface area (Å²) in [6.45, 7) is -0.283. The van der Waals surface area contributed by atoms with Gasteiger partial charge in [-0.1, -0.05) is 48.5 Å². The highest BCUT2D eigenvalue weighted by Crippen LogP contribution is 2.14. The first-order valence-corrected chi connectivity index (χ1v) is 6.62. The summed E-state index contributed by atoms with van der Waals surface area (Å²) in [6.07, 6.45) is 0. The number of halogens is 1. The first-order chi connectivity index (χ1) is 10.1. The minimum Gasteiger partial charge on any atom is -0.344 e. The van der Waals surface area contributed by atoms with E-state index in [0.29, 0.717) is 5.56 Å². The SMILES string of the molecule is O=C(Cl)CNC(=O)c1ccccc1C(=O)c1ccccc1. The molecule has 0 spiro atoms. The summed E-state index contributed by atoms with van der Waals surface area (Å²) < 4.78 is 0. The van der Waals surface area contributed by atoms with Gasteiger partial charge in [-0.2, -0.15) is 0 Å². The predicted molar refractivity (Wildman–Crippen MR) is 79.5 cm³/mol. The summed E-state index contributed by atoms with van der Waals surface area (Å²) in [5.74, 6) is -0.762. The van der Waals surface area contributed by atoms with Gasteiger partial charge in [0.05, 0.1) is 12.1 Å². The molecule has 0 bridgehead atoms. The van der Waals surface area contributed by atoms with Crippen LogP contribution in [0.5, 0.6) is 0 Å². The quantitative estimate of drug-likeness (QED) is 0.681. The molecule has 0 saturated heterocycles. The standard InChI is InChI=1S/C16H12ClNO3/c17-14(19)10-18-16(21)13-9-5-4-8-12(13)15(20)11-6-2-1-3-7-11/h1-9H,10H2,(H,18,21). The monoisotopic (exact) mass is 301 g/mol. The van der Waals surface area contributed by atoms with Crippen LogP contribution in [0.3, 0.4) is 0 Å². The molecular formula is C16H12ClNO3. The van der Waals surface area contributed by atoms with Crippen LogP contribution in [0.4, 0.5) is 0 Å². The second-order valence-corrected chi connectivity index (χ2v) is 4.70. The Morgan fingerprint density at radius 1 is 0.857 bits per heavy atom. The molecule has 0 aliphatic heterocycles. The van der Waals surface area contributed by atoms with Crippen molar-refractivity contribution in [2.24, 2.45) is 0 Å². The first-order valence-electron chi connectivity index (χ1n) is 6.25. The van der Waals surface area contributed by atoms with Crippen molar-refractivity contribution in [3.8, 4) is 0 Å². The Hall–Kier alpha value is -2.46. The highest BCUT2D eigenvalue weighted by Gasteiger charge is 2.17. The average Bonchev–Trinajstić information content (AvgIpc) is 2.52. The molecule has 2 aromatic rings. The Balaban J connectivity index is 2.31. The van der Waals surface area contributed by atoms with Crippen LogP contribution in [0.2, 0.25) is 0 Å². The van der Waals surface area contributed by atoms with Gasteiger partial charge in [0.1, 0.15) is 0 Å². The van der Waals surface area contributed by atoms with Crippen molar-refractivity contribution in [3.05, 3.63) is 71.3 Å². The zero-order valence-corrected chi connectivity index (χ0v) is 11.8. The van der Waals surface area contributed by atoms with E-state index in [1.54, 1.807) is 42.5 Å². The van der Waals surface area contributed by atoms with E-state index in [0.717, 1.165) is 0 Å².